The predicted octanol–water partition coefficient (Wildman–Crippen LogP) is 2.24. The molecular weight excluding hydrogens is 376 g/mol. The molecule has 0 bridgehead atoms. The Morgan fingerprint density at radius 3 is 2.50 bits per heavy atom. The first-order chi connectivity index (χ1) is 12.4. The topological polar surface area (TPSA) is 84.5 Å². The van der Waals surface area contributed by atoms with Gasteiger partial charge in [-0.2, -0.15) is 0 Å². The third-order valence-electron chi connectivity index (χ3n) is 3.61. The maximum atomic E-state index is 12.2. The molecule has 0 saturated heterocycles. The van der Waals surface area contributed by atoms with E-state index >= 15 is 0 Å². The van der Waals surface area contributed by atoms with E-state index in [0.717, 1.165) is 5.56 Å². The fourth-order valence-corrected chi connectivity index (χ4v) is 3.49. The lowest BCUT2D eigenvalue weighted by molar-refractivity contribution is 0.0954. The molecule has 0 aliphatic rings. The fourth-order valence-electron chi connectivity index (χ4n) is 2.26. The summed E-state index contributed by atoms with van der Waals surface area (Å²) in [6, 6.07) is 13.2. The van der Waals surface area contributed by atoms with Gasteiger partial charge in [0.15, 0.2) is 0 Å². The standard InChI is InChI=1S/C18H21ClN2O4S/c1-25-12-11-21-26(23,24)17-7-5-15(6-8-17)18(22)20-10-9-14-3-2-4-16(19)13-14/h2-8,13,21H,9-12H2,1H3,(H,20,22). The molecule has 26 heavy (non-hydrogen) atoms. The van der Waals surface area contributed by atoms with Gasteiger partial charge in [-0.3, -0.25) is 4.79 Å². The van der Waals surface area contributed by atoms with Crippen molar-refractivity contribution in [2.75, 3.05) is 26.8 Å². The number of methoxy groups -OCH3 is 1. The Morgan fingerprint density at radius 1 is 1.12 bits per heavy atom. The summed E-state index contributed by atoms with van der Waals surface area (Å²) >= 11 is 5.93. The highest BCUT2D eigenvalue weighted by Gasteiger charge is 2.14. The molecule has 2 rings (SSSR count). The Balaban J connectivity index is 1.89. The summed E-state index contributed by atoms with van der Waals surface area (Å²) in [6.45, 7) is 0.925. The van der Waals surface area contributed by atoms with Crippen molar-refractivity contribution >= 4 is 27.5 Å². The Hall–Kier alpha value is -1.93. The lowest BCUT2D eigenvalue weighted by atomic mass is 10.1. The highest BCUT2D eigenvalue weighted by Crippen LogP contribution is 2.12. The van der Waals surface area contributed by atoms with Crippen LogP contribution in [-0.4, -0.2) is 41.1 Å². The number of hydrogen-bond acceptors (Lipinski definition) is 4. The van der Waals surface area contributed by atoms with Crippen LogP contribution in [0.3, 0.4) is 0 Å². The second-order valence-electron chi connectivity index (χ2n) is 5.55. The molecule has 0 saturated carbocycles. The van der Waals surface area contributed by atoms with Crippen LogP contribution in [0.15, 0.2) is 53.4 Å². The van der Waals surface area contributed by atoms with Crippen molar-refractivity contribution in [3.63, 3.8) is 0 Å². The summed E-state index contributed by atoms with van der Waals surface area (Å²) < 4.78 is 31.4. The van der Waals surface area contributed by atoms with Crippen LogP contribution in [0, 0.1) is 0 Å². The maximum Gasteiger partial charge on any atom is 0.251 e. The lowest BCUT2D eigenvalue weighted by Gasteiger charge is -2.08. The largest absolute Gasteiger partial charge is 0.383 e. The zero-order valence-electron chi connectivity index (χ0n) is 14.4. The monoisotopic (exact) mass is 396 g/mol. The summed E-state index contributed by atoms with van der Waals surface area (Å²) in [6.07, 6.45) is 0.655. The molecule has 8 heteroatoms. The summed E-state index contributed by atoms with van der Waals surface area (Å²) in [7, 11) is -2.11. The minimum Gasteiger partial charge on any atom is -0.383 e. The average molecular weight is 397 g/mol. The van der Waals surface area contributed by atoms with Gasteiger partial charge in [0.2, 0.25) is 10.0 Å². The van der Waals surface area contributed by atoms with Crippen molar-refractivity contribution in [2.45, 2.75) is 11.3 Å². The highest BCUT2D eigenvalue weighted by molar-refractivity contribution is 7.89. The second-order valence-corrected chi connectivity index (χ2v) is 7.75. The van der Waals surface area contributed by atoms with Gasteiger partial charge in [-0.05, 0) is 48.4 Å². The van der Waals surface area contributed by atoms with E-state index in [-0.39, 0.29) is 24.0 Å². The van der Waals surface area contributed by atoms with E-state index in [1.807, 2.05) is 18.2 Å². The molecule has 0 fully saturated rings. The summed E-state index contributed by atoms with van der Waals surface area (Å²) in [5, 5.41) is 3.46. The van der Waals surface area contributed by atoms with Gasteiger partial charge < -0.3 is 10.1 Å². The molecule has 0 heterocycles. The molecular formula is C18H21ClN2O4S. The number of halogens is 1. The molecule has 2 aromatic rings. The van der Waals surface area contributed by atoms with Gasteiger partial charge in [-0.25, -0.2) is 13.1 Å². The normalized spacial score (nSPS) is 11.3. The first kappa shape index (κ1) is 20.4. The molecule has 0 radical (unpaired) electrons. The molecule has 0 unspecified atom stereocenters. The van der Waals surface area contributed by atoms with E-state index in [4.69, 9.17) is 16.3 Å². The lowest BCUT2D eigenvalue weighted by Crippen LogP contribution is -2.28. The van der Waals surface area contributed by atoms with E-state index in [1.54, 1.807) is 6.07 Å². The van der Waals surface area contributed by atoms with Gasteiger partial charge >= 0.3 is 0 Å². The number of sulfonamides is 1. The number of carbonyl (C=O) groups is 1. The van der Waals surface area contributed by atoms with Crippen molar-refractivity contribution in [3.05, 3.63) is 64.7 Å². The van der Waals surface area contributed by atoms with Crippen molar-refractivity contribution in [1.29, 1.82) is 0 Å². The Bertz CT molecular complexity index is 839. The van der Waals surface area contributed by atoms with Gasteiger partial charge in [0, 0.05) is 30.8 Å². The van der Waals surface area contributed by atoms with E-state index < -0.39 is 10.0 Å². The Kier molecular flexibility index (Phi) is 7.59. The van der Waals surface area contributed by atoms with Gasteiger partial charge in [-0.15, -0.1) is 0 Å². The smallest absolute Gasteiger partial charge is 0.251 e. The van der Waals surface area contributed by atoms with Crippen LogP contribution in [0.1, 0.15) is 15.9 Å². The Morgan fingerprint density at radius 2 is 1.85 bits per heavy atom. The van der Waals surface area contributed by atoms with Gasteiger partial charge in [-0.1, -0.05) is 23.7 Å². The summed E-state index contributed by atoms with van der Waals surface area (Å²) in [4.78, 5) is 12.3. The molecule has 6 nitrogen and oxygen atoms in total. The number of ether oxygens (including phenoxy) is 1. The third-order valence-corrected chi connectivity index (χ3v) is 5.33. The first-order valence-corrected chi connectivity index (χ1v) is 9.90. The SMILES string of the molecule is COCCNS(=O)(=O)c1ccc(C(=O)NCCc2cccc(Cl)c2)cc1. The Labute approximate surface area is 158 Å². The number of nitrogens with one attached hydrogen (secondary N) is 2. The molecule has 0 aliphatic carbocycles. The zero-order chi connectivity index (χ0) is 19.0. The molecule has 140 valence electrons. The predicted molar refractivity (Wildman–Crippen MR) is 101 cm³/mol. The number of amides is 1. The van der Waals surface area contributed by atoms with E-state index in [1.165, 1.54) is 31.4 Å². The molecule has 1 amide bonds. The van der Waals surface area contributed by atoms with Gasteiger partial charge in [0.1, 0.15) is 0 Å². The van der Waals surface area contributed by atoms with Crippen LogP contribution in [0.4, 0.5) is 0 Å². The van der Waals surface area contributed by atoms with Crippen LogP contribution >= 0.6 is 11.6 Å². The first-order valence-electron chi connectivity index (χ1n) is 8.04. The molecule has 0 spiro atoms. The fraction of sp³-hybridized carbons (Fsp3) is 0.278. The maximum absolute atomic E-state index is 12.2. The van der Waals surface area contributed by atoms with E-state index in [2.05, 4.69) is 10.0 Å². The molecule has 0 atom stereocenters. The molecule has 2 N–H and O–H groups in total. The van der Waals surface area contributed by atoms with E-state index in [0.29, 0.717) is 23.6 Å². The minimum atomic E-state index is -3.61. The van der Waals surface area contributed by atoms with Gasteiger partial charge in [0.05, 0.1) is 11.5 Å². The van der Waals surface area contributed by atoms with Crippen LogP contribution in [0.2, 0.25) is 5.02 Å². The number of hydrogen-bond donors (Lipinski definition) is 2. The van der Waals surface area contributed by atoms with Crippen LogP contribution in [0.25, 0.3) is 0 Å². The summed E-state index contributed by atoms with van der Waals surface area (Å²) in [5.74, 6) is -0.261. The molecule has 0 aromatic heterocycles. The van der Waals surface area contributed by atoms with Crippen molar-refractivity contribution in [1.82, 2.24) is 10.0 Å². The number of carbonyl (C=O) groups excluding carboxylic acids is 1. The van der Waals surface area contributed by atoms with Crippen LogP contribution < -0.4 is 10.0 Å². The van der Waals surface area contributed by atoms with Crippen molar-refractivity contribution in [3.8, 4) is 0 Å². The van der Waals surface area contributed by atoms with E-state index in [9.17, 15) is 13.2 Å². The highest BCUT2D eigenvalue weighted by atomic mass is 35.5. The van der Waals surface area contributed by atoms with Gasteiger partial charge in [0.25, 0.3) is 5.91 Å². The number of rotatable bonds is 9. The summed E-state index contributed by atoms with van der Waals surface area (Å²) in [5.41, 5.74) is 1.42. The van der Waals surface area contributed by atoms with Crippen molar-refractivity contribution in [2.24, 2.45) is 0 Å². The average Bonchev–Trinajstić information content (AvgIpc) is 2.62. The number of benzene rings is 2. The molecule has 2 aromatic carbocycles. The molecule has 0 aliphatic heterocycles. The minimum absolute atomic E-state index is 0.101. The second kappa shape index (κ2) is 9.68. The van der Waals surface area contributed by atoms with Crippen LogP contribution in [-0.2, 0) is 21.2 Å². The van der Waals surface area contributed by atoms with Crippen molar-refractivity contribution < 1.29 is 17.9 Å². The zero-order valence-corrected chi connectivity index (χ0v) is 15.9. The van der Waals surface area contributed by atoms with Crippen LogP contribution in [0.5, 0.6) is 0 Å². The third kappa shape index (κ3) is 6.10. The quantitative estimate of drug-likeness (QED) is 0.636.